The molecule has 0 aromatic heterocycles. The third-order valence-electron chi connectivity index (χ3n) is 13.9. The van der Waals surface area contributed by atoms with Crippen LogP contribution in [0.3, 0.4) is 0 Å². The molecule has 6 heteroatoms. The normalized spacial score (nSPS) is 43.6. The molecule has 0 spiro atoms. The van der Waals surface area contributed by atoms with E-state index in [-0.39, 0.29) is 62.6 Å². The smallest absolute Gasteiger partial charge is 0.409 e. The van der Waals surface area contributed by atoms with Crippen molar-refractivity contribution in [3.63, 3.8) is 0 Å². The van der Waals surface area contributed by atoms with Crippen LogP contribution in [0.5, 0.6) is 0 Å². The topological polar surface area (TPSA) is 87.5 Å². The Balaban J connectivity index is 1.42. The zero-order valence-electron chi connectivity index (χ0n) is 26.9. The summed E-state index contributed by atoms with van der Waals surface area (Å²) < 4.78 is 6.11. The predicted molar refractivity (Wildman–Crippen MR) is 161 cm³/mol. The number of Topliss-reactive ketones (excluding diaryl/α,β-unsaturated/α-hetero) is 1. The van der Waals surface area contributed by atoms with Gasteiger partial charge in [-0.1, -0.05) is 60.1 Å². The van der Waals surface area contributed by atoms with Crippen LogP contribution in [0.15, 0.2) is 23.3 Å². The first-order chi connectivity index (χ1) is 19.5. The third-order valence-corrected chi connectivity index (χ3v) is 13.9. The highest BCUT2D eigenvalue weighted by Gasteiger charge is 2.70. The van der Waals surface area contributed by atoms with E-state index in [0.717, 1.165) is 76.5 Å². The van der Waals surface area contributed by atoms with Gasteiger partial charge in [0, 0.05) is 35.3 Å². The minimum atomic E-state index is -0.661. The van der Waals surface area contributed by atoms with Crippen LogP contribution in [0.2, 0.25) is 0 Å². The van der Waals surface area contributed by atoms with Gasteiger partial charge in [0.05, 0.1) is 12.2 Å². The predicted octanol–water partition coefficient (Wildman–Crippen LogP) is 7.44. The molecule has 6 rings (SSSR count). The van der Waals surface area contributed by atoms with Gasteiger partial charge < -0.3 is 9.64 Å². The average molecular weight is 575 g/mol. The second-order valence-electron chi connectivity index (χ2n) is 16.9. The summed E-state index contributed by atoms with van der Waals surface area (Å²) in [5.41, 5.74) is -0.360. The molecule has 7 atom stereocenters. The molecule has 5 aliphatic carbocycles. The first kappa shape index (κ1) is 29.6. The van der Waals surface area contributed by atoms with Gasteiger partial charge in [0.2, 0.25) is 0 Å². The van der Waals surface area contributed by atoms with Gasteiger partial charge in [-0.3, -0.25) is 9.59 Å². The summed E-state index contributed by atoms with van der Waals surface area (Å²) >= 11 is 0. The largest absolute Gasteiger partial charge is 0.449 e. The van der Waals surface area contributed by atoms with Crippen molar-refractivity contribution in [3.05, 3.63) is 23.3 Å². The molecule has 3 saturated carbocycles. The Morgan fingerprint density at radius 2 is 1.67 bits per heavy atom. The van der Waals surface area contributed by atoms with Gasteiger partial charge in [0.15, 0.2) is 11.6 Å². The molecule has 0 N–H and O–H groups in total. The lowest BCUT2D eigenvalue weighted by molar-refractivity contribution is -0.178. The van der Waals surface area contributed by atoms with Crippen LogP contribution in [0.4, 0.5) is 4.79 Å². The van der Waals surface area contributed by atoms with Crippen molar-refractivity contribution in [2.75, 3.05) is 19.7 Å². The van der Waals surface area contributed by atoms with Crippen molar-refractivity contribution in [2.45, 2.75) is 106 Å². The van der Waals surface area contributed by atoms with E-state index < -0.39 is 10.8 Å². The first-order valence-corrected chi connectivity index (χ1v) is 16.4. The molecule has 2 unspecified atom stereocenters. The standard InChI is InChI=1S/C36H50N2O4/c1-31(2)12-14-36(22-42-30(41)38-16-8-9-17-38)15-13-35(7)28(24(36)20-31)25(39)18-27-33(5)19-23(21-37)29(40)32(3,4)26(33)10-11-34(27,35)6/h18-19,24,26,28H,8-17,20,22H2,1-7H3/t24?,26-,28?,33-,34+,35+,36+/m0/s1. The number of hydrogen-bond donors (Lipinski definition) is 0. The molecular weight excluding hydrogens is 524 g/mol. The van der Waals surface area contributed by atoms with E-state index >= 15 is 0 Å². The lowest BCUT2D eigenvalue weighted by Gasteiger charge is -2.69. The minimum absolute atomic E-state index is 0.0446. The number of fused-ring (bicyclic) bond motifs is 7. The lowest BCUT2D eigenvalue weighted by atomic mass is 9.34. The minimum Gasteiger partial charge on any atom is -0.449 e. The van der Waals surface area contributed by atoms with Crippen molar-refractivity contribution in [3.8, 4) is 6.07 Å². The molecule has 1 amide bonds. The summed E-state index contributed by atoms with van der Waals surface area (Å²) in [4.78, 5) is 42.8. The van der Waals surface area contributed by atoms with Crippen LogP contribution in [-0.4, -0.2) is 42.3 Å². The van der Waals surface area contributed by atoms with Crippen LogP contribution < -0.4 is 0 Å². The number of carbonyl (C=O) groups excluding carboxylic acids is 3. The van der Waals surface area contributed by atoms with E-state index in [1.165, 1.54) is 0 Å². The Bertz CT molecular complexity index is 1330. The van der Waals surface area contributed by atoms with E-state index in [4.69, 9.17) is 4.74 Å². The van der Waals surface area contributed by atoms with Crippen LogP contribution >= 0.6 is 0 Å². The Morgan fingerprint density at radius 1 is 1.00 bits per heavy atom. The maximum atomic E-state index is 14.6. The molecule has 6 aliphatic rings. The summed E-state index contributed by atoms with van der Waals surface area (Å²) in [5, 5.41) is 9.95. The second kappa shape index (κ2) is 9.29. The van der Waals surface area contributed by atoms with E-state index in [1.807, 2.05) is 30.9 Å². The maximum Gasteiger partial charge on any atom is 0.409 e. The van der Waals surface area contributed by atoms with E-state index in [0.29, 0.717) is 6.61 Å². The fraction of sp³-hybridized carbons (Fsp3) is 0.778. The summed E-state index contributed by atoms with van der Waals surface area (Å²) in [6.45, 7) is 17.5. The molecular formula is C36H50N2O4. The molecule has 1 heterocycles. The lowest BCUT2D eigenvalue weighted by Crippen LogP contribution is -2.65. The number of rotatable bonds is 2. The Kier molecular flexibility index (Phi) is 6.56. The van der Waals surface area contributed by atoms with E-state index in [9.17, 15) is 19.6 Å². The van der Waals surface area contributed by atoms with Crippen LogP contribution in [0.25, 0.3) is 0 Å². The highest BCUT2D eigenvalue weighted by molar-refractivity contribution is 6.04. The van der Waals surface area contributed by atoms with Crippen molar-refractivity contribution in [1.29, 1.82) is 5.26 Å². The molecule has 1 aliphatic heterocycles. The summed E-state index contributed by atoms with van der Waals surface area (Å²) in [6, 6.07) is 2.20. The number of carbonyl (C=O) groups is 3. The van der Waals surface area contributed by atoms with E-state index in [2.05, 4.69) is 40.7 Å². The average Bonchev–Trinajstić information content (AvgIpc) is 3.46. The molecule has 42 heavy (non-hydrogen) atoms. The van der Waals surface area contributed by atoms with Gasteiger partial charge in [-0.15, -0.1) is 0 Å². The van der Waals surface area contributed by atoms with Crippen LogP contribution in [0, 0.1) is 61.6 Å². The SMILES string of the molecule is CC1(C)CC[C@]2(COC(=O)N3CCCC3)CC[C@]3(C)C(C(=O)C=C4[C@@]5(C)C=C(C#N)C(=O)C(C)(C)[C@@H]5CC[C@]43C)C2C1. The van der Waals surface area contributed by atoms with Gasteiger partial charge in [-0.25, -0.2) is 4.79 Å². The number of amides is 1. The number of nitriles is 1. The molecule has 6 nitrogen and oxygen atoms in total. The van der Waals surface area contributed by atoms with Crippen LogP contribution in [-0.2, 0) is 14.3 Å². The fourth-order valence-corrected chi connectivity index (χ4v) is 11.2. The van der Waals surface area contributed by atoms with Gasteiger partial charge in [0.1, 0.15) is 6.07 Å². The number of ketones is 2. The van der Waals surface area contributed by atoms with Gasteiger partial charge in [0.25, 0.3) is 0 Å². The number of allylic oxidation sites excluding steroid dienone is 4. The van der Waals surface area contributed by atoms with Crippen molar-refractivity contribution < 1.29 is 19.1 Å². The molecule has 0 aromatic rings. The number of ether oxygens (including phenoxy) is 1. The summed E-state index contributed by atoms with van der Waals surface area (Å²) in [6.07, 6.45) is 12.5. The van der Waals surface area contributed by atoms with Gasteiger partial charge in [-0.2, -0.15) is 5.26 Å². The molecule has 4 fully saturated rings. The van der Waals surface area contributed by atoms with Crippen molar-refractivity contribution >= 4 is 17.7 Å². The van der Waals surface area contributed by atoms with E-state index in [1.54, 1.807) is 0 Å². The number of likely N-dealkylation sites (tertiary alicyclic amines) is 1. The highest BCUT2D eigenvalue weighted by Crippen LogP contribution is 2.74. The summed E-state index contributed by atoms with van der Waals surface area (Å²) in [7, 11) is 0. The molecule has 0 aromatic carbocycles. The Hall–Kier alpha value is -2.42. The second-order valence-corrected chi connectivity index (χ2v) is 16.9. The zero-order chi connectivity index (χ0) is 30.5. The third kappa shape index (κ3) is 3.90. The first-order valence-electron chi connectivity index (χ1n) is 16.4. The van der Waals surface area contributed by atoms with Crippen molar-refractivity contribution in [2.24, 2.45) is 50.2 Å². The molecule has 0 bridgehead atoms. The summed E-state index contributed by atoms with van der Waals surface area (Å²) in [5.74, 6) is 0.184. The highest BCUT2D eigenvalue weighted by atomic mass is 16.6. The zero-order valence-corrected chi connectivity index (χ0v) is 26.9. The van der Waals surface area contributed by atoms with Gasteiger partial charge in [-0.05, 0) is 91.9 Å². The fourth-order valence-electron chi connectivity index (χ4n) is 11.2. The van der Waals surface area contributed by atoms with Crippen molar-refractivity contribution in [1.82, 2.24) is 4.90 Å². The monoisotopic (exact) mass is 574 g/mol. The molecule has 0 radical (unpaired) electrons. The molecule has 228 valence electrons. The van der Waals surface area contributed by atoms with Crippen LogP contribution in [0.1, 0.15) is 106 Å². The Labute approximate surface area is 252 Å². The van der Waals surface area contributed by atoms with Gasteiger partial charge >= 0.3 is 6.09 Å². The number of nitrogens with zero attached hydrogens (tertiary/aromatic N) is 2. The Morgan fingerprint density at radius 3 is 2.33 bits per heavy atom. The maximum absolute atomic E-state index is 14.6. The quantitative estimate of drug-likeness (QED) is 0.342. The number of hydrogen-bond acceptors (Lipinski definition) is 5. The molecule has 1 saturated heterocycles.